The Hall–Kier alpha value is -3.42. The summed E-state index contributed by atoms with van der Waals surface area (Å²) in [7, 11) is 1.15. The van der Waals surface area contributed by atoms with Crippen LogP contribution in [0.4, 0.5) is 26.3 Å². The SMILES string of the molecule is COc1ccc(-c2ccc(C3=CCC(c4ccc(O)c(F)c4F)CC3)c(F)c2F)c(F)c1F. The average Bonchev–Trinajstić information content (AvgIpc) is 2.82. The number of benzene rings is 3. The third-order valence-corrected chi connectivity index (χ3v) is 5.93. The summed E-state index contributed by atoms with van der Waals surface area (Å²) in [6, 6.07) is 7.04. The lowest BCUT2D eigenvalue weighted by molar-refractivity contribution is 0.372. The van der Waals surface area contributed by atoms with Gasteiger partial charge in [-0.1, -0.05) is 24.3 Å². The highest BCUT2D eigenvalue weighted by atomic mass is 19.2. The van der Waals surface area contributed by atoms with Gasteiger partial charge in [0.1, 0.15) is 0 Å². The lowest BCUT2D eigenvalue weighted by atomic mass is 9.82. The second-order valence-corrected chi connectivity index (χ2v) is 7.73. The molecule has 0 radical (unpaired) electrons. The van der Waals surface area contributed by atoms with Gasteiger partial charge in [-0.25, -0.2) is 17.6 Å². The standard InChI is InChI=1S/C25H18F6O2/c1-33-19-11-9-17(23(29)25(19)31)16-7-6-14(20(26)22(16)28)12-2-4-13(5-3-12)15-8-10-18(32)24(30)21(15)27/h2,6-11,13,32H,3-5H2,1H3. The van der Waals surface area contributed by atoms with Gasteiger partial charge in [-0.05, 0) is 54.5 Å². The Morgan fingerprint density at radius 1 is 0.727 bits per heavy atom. The molecule has 8 heteroatoms. The molecular weight excluding hydrogens is 446 g/mol. The van der Waals surface area contributed by atoms with Gasteiger partial charge >= 0.3 is 0 Å². The minimum absolute atomic E-state index is 0.0403. The van der Waals surface area contributed by atoms with Crippen molar-refractivity contribution in [1.29, 1.82) is 0 Å². The first-order chi connectivity index (χ1) is 15.7. The maximum atomic E-state index is 14.9. The smallest absolute Gasteiger partial charge is 0.201 e. The predicted molar refractivity (Wildman–Crippen MR) is 111 cm³/mol. The number of halogens is 6. The quantitative estimate of drug-likeness (QED) is 0.412. The van der Waals surface area contributed by atoms with Crippen molar-refractivity contribution in [3.63, 3.8) is 0 Å². The number of phenols is 1. The topological polar surface area (TPSA) is 29.5 Å². The molecule has 0 aliphatic heterocycles. The zero-order chi connectivity index (χ0) is 23.9. The summed E-state index contributed by atoms with van der Waals surface area (Å²) < 4.78 is 90.6. The zero-order valence-electron chi connectivity index (χ0n) is 17.4. The fourth-order valence-electron chi connectivity index (χ4n) is 4.13. The molecule has 4 rings (SSSR count). The monoisotopic (exact) mass is 464 g/mol. The molecule has 3 aromatic carbocycles. The molecule has 1 N–H and O–H groups in total. The molecule has 1 unspecified atom stereocenters. The van der Waals surface area contributed by atoms with Crippen molar-refractivity contribution in [2.45, 2.75) is 25.2 Å². The van der Waals surface area contributed by atoms with Crippen molar-refractivity contribution < 1.29 is 36.2 Å². The number of aromatic hydroxyl groups is 1. The summed E-state index contributed by atoms with van der Waals surface area (Å²) in [5.74, 6) is -9.20. The Kier molecular flexibility index (Phi) is 6.10. The molecule has 1 aliphatic rings. The summed E-state index contributed by atoms with van der Waals surface area (Å²) in [5, 5.41) is 9.28. The van der Waals surface area contributed by atoms with Gasteiger partial charge in [0.2, 0.25) is 11.6 Å². The number of hydrogen-bond acceptors (Lipinski definition) is 2. The molecule has 0 heterocycles. The highest BCUT2D eigenvalue weighted by Gasteiger charge is 2.26. The fourth-order valence-corrected chi connectivity index (χ4v) is 4.13. The van der Waals surface area contributed by atoms with E-state index in [0.717, 1.165) is 25.3 Å². The first kappa shape index (κ1) is 22.8. The van der Waals surface area contributed by atoms with E-state index in [1.807, 2.05) is 0 Å². The molecular formula is C25H18F6O2. The molecule has 33 heavy (non-hydrogen) atoms. The van der Waals surface area contributed by atoms with E-state index < -0.39 is 57.7 Å². The molecule has 1 atom stereocenters. The van der Waals surface area contributed by atoms with E-state index in [2.05, 4.69) is 4.74 Å². The summed E-state index contributed by atoms with van der Waals surface area (Å²) in [5.41, 5.74) is -0.360. The number of ether oxygens (including phenoxy) is 1. The van der Waals surface area contributed by atoms with Crippen molar-refractivity contribution in [3.8, 4) is 22.6 Å². The van der Waals surface area contributed by atoms with Crippen LogP contribution in [0.1, 0.15) is 36.3 Å². The van der Waals surface area contributed by atoms with E-state index in [-0.39, 0.29) is 29.7 Å². The highest BCUT2D eigenvalue weighted by molar-refractivity contribution is 5.73. The molecule has 0 saturated carbocycles. The maximum absolute atomic E-state index is 14.9. The van der Waals surface area contributed by atoms with Crippen LogP contribution in [-0.4, -0.2) is 12.2 Å². The fraction of sp³-hybridized carbons (Fsp3) is 0.200. The molecule has 0 fully saturated rings. The second-order valence-electron chi connectivity index (χ2n) is 7.73. The number of hydrogen-bond donors (Lipinski definition) is 1. The van der Waals surface area contributed by atoms with Gasteiger partial charge in [0, 0.05) is 16.7 Å². The largest absolute Gasteiger partial charge is 0.505 e. The van der Waals surface area contributed by atoms with Crippen LogP contribution in [0.3, 0.4) is 0 Å². The molecule has 1 aliphatic carbocycles. The number of methoxy groups -OCH3 is 1. The zero-order valence-corrected chi connectivity index (χ0v) is 17.4. The Morgan fingerprint density at radius 2 is 1.33 bits per heavy atom. The van der Waals surface area contributed by atoms with E-state index >= 15 is 0 Å². The Balaban J connectivity index is 1.64. The van der Waals surface area contributed by atoms with E-state index in [1.54, 1.807) is 6.08 Å². The van der Waals surface area contributed by atoms with Gasteiger partial charge in [0.15, 0.2) is 34.8 Å². The Bertz CT molecular complexity index is 1270. The van der Waals surface area contributed by atoms with Crippen molar-refractivity contribution >= 4 is 5.57 Å². The van der Waals surface area contributed by atoms with Crippen molar-refractivity contribution in [2.75, 3.05) is 7.11 Å². The molecule has 2 nitrogen and oxygen atoms in total. The van der Waals surface area contributed by atoms with Crippen molar-refractivity contribution in [2.24, 2.45) is 0 Å². The second kappa shape index (κ2) is 8.84. The van der Waals surface area contributed by atoms with Crippen LogP contribution in [0.5, 0.6) is 11.5 Å². The van der Waals surface area contributed by atoms with Gasteiger partial charge < -0.3 is 9.84 Å². The summed E-state index contributed by atoms with van der Waals surface area (Å²) >= 11 is 0. The van der Waals surface area contributed by atoms with Gasteiger partial charge in [0.25, 0.3) is 0 Å². The van der Waals surface area contributed by atoms with E-state index in [9.17, 15) is 31.4 Å². The van der Waals surface area contributed by atoms with Crippen LogP contribution in [-0.2, 0) is 0 Å². The molecule has 0 bridgehead atoms. The lowest BCUT2D eigenvalue weighted by Gasteiger charge is -2.23. The lowest BCUT2D eigenvalue weighted by Crippen LogP contribution is -2.08. The normalized spacial score (nSPS) is 16.0. The van der Waals surface area contributed by atoms with Crippen molar-refractivity contribution in [1.82, 2.24) is 0 Å². The number of rotatable bonds is 4. The van der Waals surface area contributed by atoms with E-state index in [1.165, 1.54) is 18.2 Å². The Labute approximate surface area is 185 Å². The third kappa shape index (κ3) is 3.94. The van der Waals surface area contributed by atoms with E-state index in [0.29, 0.717) is 12.0 Å². The summed E-state index contributed by atoms with van der Waals surface area (Å²) in [4.78, 5) is 0. The molecule has 172 valence electrons. The first-order valence-electron chi connectivity index (χ1n) is 10.1. The van der Waals surface area contributed by atoms with Gasteiger partial charge in [0.05, 0.1) is 7.11 Å². The van der Waals surface area contributed by atoms with Crippen LogP contribution >= 0.6 is 0 Å². The van der Waals surface area contributed by atoms with Gasteiger partial charge in [-0.15, -0.1) is 0 Å². The maximum Gasteiger partial charge on any atom is 0.201 e. The molecule has 0 aromatic heterocycles. The van der Waals surface area contributed by atoms with Crippen LogP contribution in [0.25, 0.3) is 16.7 Å². The third-order valence-electron chi connectivity index (χ3n) is 5.93. The minimum Gasteiger partial charge on any atom is -0.505 e. The highest BCUT2D eigenvalue weighted by Crippen LogP contribution is 2.40. The molecule has 3 aromatic rings. The van der Waals surface area contributed by atoms with Crippen LogP contribution < -0.4 is 4.74 Å². The van der Waals surface area contributed by atoms with Gasteiger partial charge in [-0.2, -0.15) is 8.78 Å². The predicted octanol–water partition coefficient (Wildman–Crippen LogP) is 7.25. The number of allylic oxidation sites excluding steroid dienone is 2. The van der Waals surface area contributed by atoms with Gasteiger partial charge in [-0.3, -0.25) is 0 Å². The summed E-state index contributed by atoms with van der Waals surface area (Å²) in [6.45, 7) is 0. The molecule has 0 spiro atoms. The molecule has 0 saturated heterocycles. The first-order valence-corrected chi connectivity index (χ1v) is 10.1. The van der Waals surface area contributed by atoms with Crippen molar-refractivity contribution in [3.05, 3.63) is 88.5 Å². The number of phenolic OH excluding ortho intramolecular Hbond substituents is 1. The van der Waals surface area contributed by atoms with Crippen LogP contribution in [0, 0.1) is 34.9 Å². The van der Waals surface area contributed by atoms with Crippen LogP contribution in [0.15, 0.2) is 42.5 Å². The molecule has 0 amide bonds. The summed E-state index contributed by atoms with van der Waals surface area (Å²) in [6.07, 6.45) is 2.46. The minimum atomic E-state index is -1.36. The van der Waals surface area contributed by atoms with Crippen LogP contribution in [0.2, 0.25) is 0 Å². The van der Waals surface area contributed by atoms with E-state index in [4.69, 9.17) is 0 Å². The average molecular weight is 464 g/mol. The Morgan fingerprint density at radius 3 is 1.97 bits per heavy atom.